The number of rotatable bonds is 6. The lowest BCUT2D eigenvalue weighted by molar-refractivity contribution is 0.0264. The topological polar surface area (TPSA) is 45.2 Å². The van der Waals surface area contributed by atoms with Crippen LogP contribution in [0.15, 0.2) is 12.1 Å². The molecule has 0 aromatic heterocycles. The molecule has 0 amide bonds. The number of ether oxygens (including phenoxy) is 2. The Hall–Kier alpha value is -1.28. The molecule has 5 nitrogen and oxygen atoms in total. The van der Waals surface area contributed by atoms with Gasteiger partial charge >= 0.3 is 0 Å². The molecule has 140 valence electrons. The molecule has 1 aromatic carbocycles. The lowest BCUT2D eigenvalue weighted by Crippen LogP contribution is -2.41. The van der Waals surface area contributed by atoms with Crippen LogP contribution in [-0.2, 0) is 11.3 Å². The van der Waals surface area contributed by atoms with Crippen LogP contribution in [0.2, 0.25) is 0 Å². The number of methoxy groups -OCH3 is 1. The van der Waals surface area contributed by atoms with E-state index < -0.39 is 11.6 Å². The van der Waals surface area contributed by atoms with Crippen molar-refractivity contribution in [3.8, 4) is 5.75 Å². The monoisotopic (exact) mass is 356 g/mol. The van der Waals surface area contributed by atoms with Crippen molar-refractivity contribution in [1.29, 1.82) is 0 Å². The maximum absolute atomic E-state index is 14.2. The van der Waals surface area contributed by atoms with E-state index in [4.69, 9.17) is 9.47 Å². The normalized spacial score (nSPS) is 25.4. The molecule has 1 aromatic rings. The molecule has 2 aliphatic rings. The van der Waals surface area contributed by atoms with Crippen molar-refractivity contribution in [2.75, 3.05) is 59.7 Å². The fourth-order valence-electron chi connectivity index (χ4n) is 3.83. The molecular weight excluding hydrogens is 330 g/mol. The van der Waals surface area contributed by atoms with Gasteiger partial charge in [0.1, 0.15) is 5.75 Å². The van der Waals surface area contributed by atoms with Crippen LogP contribution >= 0.6 is 0 Å². The van der Waals surface area contributed by atoms with Gasteiger partial charge in [-0.1, -0.05) is 0 Å². The van der Waals surface area contributed by atoms with Crippen LogP contribution in [0.1, 0.15) is 5.56 Å². The minimum atomic E-state index is -0.862. The summed E-state index contributed by atoms with van der Waals surface area (Å²) < 4.78 is 38.4. The van der Waals surface area contributed by atoms with Gasteiger partial charge in [-0.15, -0.1) is 0 Å². The number of morpholine rings is 1. The predicted octanol–water partition coefficient (Wildman–Crippen LogP) is 1.35. The van der Waals surface area contributed by atoms with Crippen molar-refractivity contribution in [3.05, 3.63) is 29.3 Å². The van der Waals surface area contributed by atoms with E-state index in [2.05, 4.69) is 9.80 Å². The van der Waals surface area contributed by atoms with Crippen LogP contribution in [0, 0.1) is 23.5 Å². The SMILES string of the molecule is COc1ccc(F)c(F)c1CN1C[C@@H](CN2CCOCC2)[C@@H](CO)C1. The first kappa shape index (κ1) is 18.5. The Kier molecular flexibility index (Phi) is 6.22. The fraction of sp³-hybridized carbons (Fsp3) is 0.667. The lowest BCUT2D eigenvalue weighted by Gasteiger charge is -2.30. The zero-order valence-electron chi connectivity index (χ0n) is 14.6. The van der Waals surface area contributed by atoms with Crippen molar-refractivity contribution >= 4 is 0 Å². The van der Waals surface area contributed by atoms with Gasteiger partial charge in [-0.2, -0.15) is 0 Å². The smallest absolute Gasteiger partial charge is 0.167 e. The van der Waals surface area contributed by atoms with Crippen LogP contribution in [0.3, 0.4) is 0 Å². The molecular formula is C18H26F2N2O3. The molecule has 2 saturated heterocycles. The molecule has 0 radical (unpaired) electrons. The summed E-state index contributed by atoms with van der Waals surface area (Å²) in [4.78, 5) is 4.43. The Morgan fingerprint density at radius 1 is 1.16 bits per heavy atom. The fourth-order valence-corrected chi connectivity index (χ4v) is 3.83. The molecule has 0 spiro atoms. The summed E-state index contributed by atoms with van der Waals surface area (Å²) in [6, 6.07) is 2.54. The van der Waals surface area contributed by atoms with Crippen LogP contribution in [0.5, 0.6) is 5.75 Å². The quantitative estimate of drug-likeness (QED) is 0.834. The van der Waals surface area contributed by atoms with E-state index in [1.165, 1.54) is 13.2 Å². The van der Waals surface area contributed by atoms with Gasteiger partial charge in [0.15, 0.2) is 11.6 Å². The van der Waals surface area contributed by atoms with E-state index in [1.807, 2.05) is 0 Å². The average Bonchev–Trinajstić information content (AvgIpc) is 3.01. The maximum atomic E-state index is 14.2. The third-order valence-corrected chi connectivity index (χ3v) is 5.24. The maximum Gasteiger partial charge on any atom is 0.167 e. The Morgan fingerprint density at radius 2 is 1.88 bits per heavy atom. The van der Waals surface area contributed by atoms with Crippen LogP contribution in [0.25, 0.3) is 0 Å². The van der Waals surface area contributed by atoms with Gasteiger partial charge in [0.2, 0.25) is 0 Å². The van der Waals surface area contributed by atoms with Gasteiger partial charge in [-0.3, -0.25) is 9.80 Å². The number of likely N-dealkylation sites (tertiary alicyclic amines) is 1. The minimum absolute atomic E-state index is 0.105. The predicted molar refractivity (Wildman–Crippen MR) is 89.5 cm³/mol. The van der Waals surface area contributed by atoms with Crippen molar-refractivity contribution < 1.29 is 23.4 Å². The van der Waals surface area contributed by atoms with Crippen molar-refractivity contribution in [2.24, 2.45) is 11.8 Å². The molecule has 1 N–H and O–H groups in total. The number of aliphatic hydroxyl groups excluding tert-OH is 1. The van der Waals surface area contributed by atoms with Gasteiger partial charge in [-0.05, 0) is 24.0 Å². The third kappa shape index (κ3) is 4.28. The molecule has 25 heavy (non-hydrogen) atoms. The van der Waals surface area contributed by atoms with E-state index in [0.29, 0.717) is 18.2 Å². The minimum Gasteiger partial charge on any atom is -0.496 e. The van der Waals surface area contributed by atoms with Gasteiger partial charge in [0, 0.05) is 51.4 Å². The zero-order valence-corrected chi connectivity index (χ0v) is 14.6. The summed E-state index contributed by atoms with van der Waals surface area (Å²) in [5, 5.41) is 9.72. The number of benzene rings is 1. The lowest BCUT2D eigenvalue weighted by atomic mass is 9.96. The second kappa shape index (κ2) is 8.40. The second-order valence-corrected chi connectivity index (χ2v) is 6.85. The van der Waals surface area contributed by atoms with E-state index in [0.717, 1.165) is 45.5 Å². The molecule has 3 rings (SSSR count). The Balaban J connectivity index is 1.67. The van der Waals surface area contributed by atoms with E-state index in [-0.39, 0.29) is 24.6 Å². The molecule has 7 heteroatoms. The van der Waals surface area contributed by atoms with Gasteiger partial charge in [0.25, 0.3) is 0 Å². The molecule has 0 saturated carbocycles. The summed E-state index contributed by atoms with van der Waals surface area (Å²) >= 11 is 0. The summed E-state index contributed by atoms with van der Waals surface area (Å²) in [7, 11) is 1.46. The van der Waals surface area contributed by atoms with Gasteiger partial charge in [0.05, 0.1) is 20.3 Å². The zero-order chi connectivity index (χ0) is 17.8. The van der Waals surface area contributed by atoms with Gasteiger partial charge in [-0.25, -0.2) is 8.78 Å². The molecule has 2 atom stereocenters. The molecule has 2 aliphatic heterocycles. The molecule has 2 heterocycles. The van der Waals surface area contributed by atoms with Crippen molar-refractivity contribution in [2.45, 2.75) is 6.54 Å². The van der Waals surface area contributed by atoms with Crippen LogP contribution in [0.4, 0.5) is 8.78 Å². The first-order valence-corrected chi connectivity index (χ1v) is 8.76. The van der Waals surface area contributed by atoms with E-state index in [9.17, 15) is 13.9 Å². The summed E-state index contributed by atoms with van der Waals surface area (Å²) in [6.45, 7) is 6.00. The third-order valence-electron chi connectivity index (χ3n) is 5.24. The molecule has 0 unspecified atom stereocenters. The Labute approximate surface area is 147 Å². The van der Waals surface area contributed by atoms with Crippen molar-refractivity contribution in [3.63, 3.8) is 0 Å². The summed E-state index contributed by atoms with van der Waals surface area (Å²) in [5.41, 5.74) is 0.242. The van der Waals surface area contributed by atoms with E-state index >= 15 is 0 Å². The average molecular weight is 356 g/mol. The highest BCUT2D eigenvalue weighted by atomic mass is 19.2. The second-order valence-electron chi connectivity index (χ2n) is 6.85. The summed E-state index contributed by atoms with van der Waals surface area (Å²) in [5.74, 6) is -0.901. The van der Waals surface area contributed by atoms with Crippen molar-refractivity contribution in [1.82, 2.24) is 9.80 Å². The highest BCUT2D eigenvalue weighted by molar-refractivity contribution is 5.35. The van der Waals surface area contributed by atoms with Crippen LogP contribution < -0.4 is 4.74 Å². The first-order valence-electron chi connectivity index (χ1n) is 8.76. The van der Waals surface area contributed by atoms with E-state index in [1.54, 1.807) is 0 Å². The number of halogens is 2. The molecule has 0 aliphatic carbocycles. The largest absolute Gasteiger partial charge is 0.496 e. The highest BCUT2D eigenvalue weighted by Crippen LogP contribution is 2.30. The first-order chi connectivity index (χ1) is 12.1. The molecule has 0 bridgehead atoms. The Bertz CT molecular complexity index is 582. The number of aliphatic hydroxyl groups is 1. The summed E-state index contributed by atoms with van der Waals surface area (Å²) in [6.07, 6.45) is 0. The standard InChI is InChI=1S/C18H26F2N2O3/c1-24-17-3-2-16(19)18(20)15(17)11-22-9-13(14(10-22)12-23)8-21-4-6-25-7-5-21/h2-3,13-14,23H,4-12H2,1H3/t13-,14-/m1/s1. The molecule has 2 fully saturated rings. The van der Waals surface area contributed by atoms with Crippen LogP contribution in [-0.4, -0.2) is 74.6 Å². The number of hydrogen-bond acceptors (Lipinski definition) is 5. The van der Waals surface area contributed by atoms with Gasteiger partial charge < -0.3 is 14.6 Å². The number of hydrogen-bond donors (Lipinski definition) is 1. The number of nitrogens with zero attached hydrogens (tertiary/aromatic N) is 2. The Morgan fingerprint density at radius 3 is 2.56 bits per heavy atom. The highest BCUT2D eigenvalue weighted by Gasteiger charge is 2.34.